The highest BCUT2D eigenvalue weighted by molar-refractivity contribution is 4.84. The molecule has 1 saturated heterocycles. The van der Waals surface area contributed by atoms with Crippen molar-refractivity contribution in [2.24, 2.45) is 5.92 Å². The second kappa shape index (κ2) is 6.49. The number of piperazine rings is 1. The van der Waals surface area contributed by atoms with E-state index in [0.29, 0.717) is 6.04 Å². The maximum Gasteiger partial charge on any atom is 0.0218 e. The van der Waals surface area contributed by atoms with Crippen molar-refractivity contribution in [3.63, 3.8) is 0 Å². The smallest absolute Gasteiger partial charge is 0.0218 e. The van der Waals surface area contributed by atoms with Gasteiger partial charge in [0.15, 0.2) is 0 Å². The Morgan fingerprint density at radius 1 is 1.27 bits per heavy atom. The lowest BCUT2D eigenvalue weighted by Crippen LogP contribution is -2.56. The fourth-order valence-electron chi connectivity index (χ4n) is 2.54. The van der Waals surface area contributed by atoms with Crippen molar-refractivity contribution in [1.82, 2.24) is 10.2 Å². The van der Waals surface area contributed by atoms with Crippen LogP contribution in [0.15, 0.2) is 0 Å². The molecule has 0 amide bonds. The van der Waals surface area contributed by atoms with Gasteiger partial charge in [0, 0.05) is 31.7 Å². The van der Waals surface area contributed by atoms with Crippen molar-refractivity contribution in [3.05, 3.63) is 0 Å². The minimum absolute atomic E-state index is 0.669. The van der Waals surface area contributed by atoms with Crippen LogP contribution in [0.3, 0.4) is 0 Å². The van der Waals surface area contributed by atoms with E-state index in [4.69, 9.17) is 0 Å². The molecule has 0 aromatic heterocycles. The van der Waals surface area contributed by atoms with Crippen LogP contribution in [0.4, 0.5) is 0 Å². The van der Waals surface area contributed by atoms with Crippen LogP contribution in [-0.4, -0.2) is 36.6 Å². The average molecular weight is 212 g/mol. The number of nitrogens with one attached hydrogen (secondary N) is 1. The summed E-state index contributed by atoms with van der Waals surface area (Å²) in [5.41, 5.74) is 0. The van der Waals surface area contributed by atoms with Crippen molar-refractivity contribution >= 4 is 0 Å². The first-order chi connectivity index (χ1) is 7.21. The van der Waals surface area contributed by atoms with Gasteiger partial charge in [-0.15, -0.1) is 0 Å². The topological polar surface area (TPSA) is 15.3 Å². The molecule has 1 heterocycles. The zero-order valence-corrected chi connectivity index (χ0v) is 10.9. The van der Waals surface area contributed by atoms with E-state index in [2.05, 4.69) is 37.9 Å². The van der Waals surface area contributed by atoms with Crippen LogP contribution in [-0.2, 0) is 0 Å². The summed E-state index contributed by atoms with van der Waals surface area (Å²) in [4.78, 5) is 2.71. The first kappa shape index (κ1) is 13.0. The molecule has 15 heavy (non-hydrogen) atoms. The molecule has 1 N–H and O–H groups in total. The number of hydrogen-bond donors (Lipinski definition) is 1. The molecule has 2 atom stereocenters. The van der Waals surface area contributed by atoms with Crippen LogP contribution in [0, 0.1) is 5.92 Å². The Kier molecular flexibility index (Phi) is 5.62. The number of rotatable bonds is 5. The highest BCUT2D eigenvalue weighted by Gasteiger charge is 2.25. The summed E-state index contributed by atoms with van der Waals surface area (Å²) in [7, 11) is 0. The summed E-state index contributed by atoms with van der Waals surface area (Å²) in [6.07, 6.45) is 3.93. The first-order valence-corrected chi connectivity index (χ1v) is 6.68. The highest BCUT2D eigenvalue weighted by Crippen LogP contribution is 2.16. The van der Waals surface area contributed by atoms with Crippen LogP contribution in [0.25, 0.3) is 0 Å². The molecular weight excluding hydrogens is 184 g/mol. The molecule has 0 aromatic rings. The second-order valence-electron chi connectivity index (χ2n) is 5.01. The van der Waals surface area contributed by atoms with Gasteiger partial charge < -0.3 is 5.32 Å². The van der Waals surface area contributed by atoms with E-state index in [0.717, 1.165) is 12.0 Å². The monoisotopic (exact) mass is 212 g/mol. The van der Waals surface area contributed by atoms with Crippen molar-refractivity contribution in [1.29, 1.82) is 0 Å². The molecule has 2 heteroatoms. The Hall–Kier alpha value is -0.0800. The Bertz CT molecular complexity index is 166. The SMILES string of the molecule is CCC(CC)CN1CC(C)NCC1CC. The molecule has 0 saturated carbocycles. The lowest BCUT2D eigenvalue weighted by atomic mass is 9.99. The van der Waals surface area contributed by atoms with Gasteiger partial charge in [0.2, 0.25) is 0 Å². The molecule has 1 aliphatic heterocycles. The van der Waals surface area contributed by atoms with Gasteiger partial charge in [-0.3, -0.25) is 4.90 Å². The molecule has 0 spiro atoms. The molecule has 2 unspecified atom stereocenters. The second-order valence-corrected chi connectivity index (χ2v) is 5.01. The summed E-state index contributed by atoms with van der Waals surface area (Å²) >= 11 is 0. The molecule has 0 radical (unpaired) electrons. The zero-order valence-electron chi connectivity index (χ0n) is 10.9. The fourth-order valence-corrected chi connectivity index (χ4v) is 2.54. The maximum atomic E-state index is 3.58. The van der Waals surface area contributed by atoms with Gasteiger partial charge in [-0.05, 0) is 19.3 Å². The molecule has 1 rings (SSSR count). The van der Waals surface area contributed by atoms with Crippen LogP contribution < -0.4 is 5.32 Å². The highest BCUT2D eigenvalue weighted by atomic mass is 15.2. The van der Waals surface area contributed by atoms with Crippen molar-refractivity contribution in [2.75, 3.05) is 19.6 Å². The number of hydrogen-bond acceptors (Lipinski definition) is 2. The van der Waals surface area contributed by atoms with Crippen LogP contribution >= 0.6 is 0 Å². The fraction of sp³-hybridized carbons (Fsp3) is 1.00. The van der Waals surface area contributed by atoms with Gasteiger partial charge in [0.25, 0.3) is 0 Å². The van der Waals surface area contributed by atoms with Gasteiger partial charge in [0.1, 0.15) is 0 Å². The van der Waals surface area contributed by atoms with E-state index < -0.39 is 0 Å². The maximum absolute atomic E-state index is 3.58. The van der Waals surface area contributed by atoms with E-state index in [1.807, 2.05) is 0 Å². The van der Waals surface area contributed by atoms with E-state index in [1.54, 1.807) is 0 Å². The summed E-state index contributed by atoms with van der Waals surface area (Å²) < 4.78 is 0. The minimum atomic E-state index is 0.669. The normalized spacial score (nSPS) is 28.6. The molecule has 0 bridgehead atoms. The van der Waals surface area contributed by atoms with Crippen molar-refractivity contribution in [2.45, 2.75) is 59.0 Å². The molecule has 0 aromatic carbocycles. The summed E-state index contributed by atoms with van der Waals surface area (Å²) in [6.45, 7) is 13.0. The standard InChI is InChI=1S/C13H28N2/c1-5-12(6-2)10-15-9-11(4)14-8-13(15)7-3/h11-14H,5-10H2,1-4H3. The van der Waals surface area contributed by atoms with Gasteiger partial charge in [0.05, 0.1) is 0 Å². The largest absolute Gasteiger partial charge is 0.311 e. The van der Waals surface area contributed by atoms with Crippen LogP contribution in [0.2, 0.25) is 0 Å². The molecule has 1 aliphatic rings. The van der Waals surface area contributed by atoms with Gasteiger partial charge in [-0.25, -0.2) is 0 Å². The third kappa shape index (κ3) is 3.76. The molecular formula is C13H28N2. The Morgan fingerprint density at radius 2 is 1.93 bits per heavy atom. The first-order valence-electron chi connectivity index (χ1n) is 6.68. The van der Waals surface area contributed by atoms with Gasteiger partial charge in [-0.2, -0.15) is 0 Å². The van der Waals surface area contributed by atoms with E-state index in [9.17, 15) is 0 Å². The quantitative estimate of drug-likeness (QED) is 0.753. The lowest BCUT2D eigenvalue weighted by Gasteiger charge is -2.40. The van der Waals surface area contributed by atoms with Crippen LogP contribution in [0.5, 0.6) is 0 Å². The molecule has 1 fully saturated rings. The Morgan fingerprint density at radius 3 is 2.47 bits per heavy atom. The Labute approximate surface area is 95.4 Å². The zero-order chi connectivity index (χ0) is 11.3. The average Bonchev–Trinajstić information content (AvgIpc) is 2.26. The van der Waals surface area contributed by atoms with Gasteiger partial charge >= 0.3 is 0 Å². The predicted molar refractivity (Wildman–Crippen MR) is 67.2 cm³/mol. The minimum Gasteiger partial charge on any atom is -0.311 e. The summed E-state index contributed by atoms with van der Waals surface area (Å²) in [5, 5.41) is 3.58. The Balaban J connectivity index is 2.47. The lowest BCUT2D eigenvalue weighted by molar-refractivity contribution is 0.109. The third-order valence-corrected chi connectivity index (χ3v) is 3.85. The predicted octanol–water partition coefficient (Wildman–Crippen LogP) is 2.49. The van der Waals surface area contributed by atoms with Crippen molar-refractivity contribution < 1.29 is 0 Å². The summed E-state index contributed by atoms with van der Waals surface area (Å²) in [5.74, 6) is 0.893. The van der Waals surface area contributed by atoms with E-state index in [-0.39, 0.29) is 0 Å². The van der Waals surface area contributed by atoms with E-state index >= 15 is 0 Å². The molecule has 0 aliphatic carbocycles. The van der Waals surface area contributed by atoms with Gasteiger partial charge in [-0.1, -0.05) is 33.6 Å². The van der Waals surface area contributed by atoms with Crippen LogP contribution in [0.1, 0.15) is 47.0 Å². The van der Waals surface area contributed by atoms with Crippen molar-refractivity contribution in [3.8, 4) is 0 Å². The number of nitrogens with zero attached hydrogens (tertiary/aromatic N) is 1. The summed E-state index contributed by atoms with van der Waals surface area (Å²) in [6, 6.07) is 1.43. The third-order valence-electron chi connectivity index (χ3n) is 3.85. The molecule has 90 valence electrons. The van der Waals surface area contributed by atoms with E-state index in [1.165, 1.54) is 38.9 Å². The molecule has 2 nitrogen and oxygen atoms in total.